The van der Waals surface area contributed by atoms with Crippen molar-refractivity contribution in [2.75, 3.05) is 0 Å². The summed E-state index contributed by atoms with van der Waals surface area (Å²) < 4.78 is 0. The number of aromatic nitrogens is 3. The molecule has 0 aromatic carbocycles. The van der Waals surface area contributed by atoms with Gasteiger partial charge in [-0.15, -0.1) is 11.3 Å². The Bertz CT molecular complexity index is 1250. The highest BCUT2D eigenvalue weighted by atomic mass is 32.1. The Balaban J connectivity index is 2.05. The summed E-state index contributed by atoms with van der Waals surface area (Å²) >= 11 is 1.67. The van der Waals surface area contributed by atoms with Gasteiger partial charge in [-0.1, -0.05) is 6.58 Å². The van der Waals surface area contributed by atoms with Gasteiger partial charge in [-0.3, -0.25) is 9.78 Å². The van der Waals surface area contributed by atoms with E-state index in [4.69, 9.17) is 0 Å². The fourth-order valence-electron chi connectivity index (χ4n) is 2.81. The number of aromatic amines is 2. The standard InChI is InChI=1S/C19H15N3OS/c1-11-3-4-14(24-11)9-17-16-10-15(13-5-7-20-8-6-13)12(2)21-18(16)22-19(17)23/h3-10,21H,2H2,1H3,(H,22,23). The lowest BCUT2D eigenvalue weighted by Crippen LogP contribution is -2.22. The second-order valence-electron chi connectivity index (χ2n) is 5.65. The Morgan fingerprint density at radius 3 is 2.67 bits per heavy atom. The average molecular weight is 333 g/mol. The van der Waals surface area contributed by atoms with Crippen molar-refractivity contribution < 1.29 is 0 Å². The van der Waals surface area contributed by atoms with Crippen LogP contribution < -0.4 is 16.1 Å². The quantitative estimate of drug-likeness (QED) is 0.590. The Kier molecular flexibility index (Phi) is 3.43. The Morgan fingerprint density at radius 2 is 1.96 bits per heavy atom. The van der Waals surface area contributed by atoms with E-state index < -0.39 is 0 Å². The van der Waals surface area contributed by atoms with Crippen LogP contribution in [0.2, 0.25) is 0 Å². The first-order chi connectivity index (χ1) is 11.6. The van der Waals surface area contributed by atoms with E-state index in [1.165, 1.54) is 4.88 Å². The Morgan fingerprint density at radius 1 is 1.17 bits per heavy atom. The molecule has 24 heavy (non-hydrogen) atoms. The van der Waals surface area contributed by atoms with Gasteiger partial charge in [0.1, 0.15) is 5.48 Å². The first kappa shape index (κ1) is 14.7. The van der Waals surface area contributed by atoms with E-state index in [9.17, 15) is 4.79 Å². The molecule has 4 rings (SSSR count). The van der Waals surface area contributed by atoms with E-state index in [2.05, 4.69) is 34.5 Å². The van der Waals surface area contributed by atoms with Crippen LogP contribution in [0.1, 0.15) is 9.75 Å². The minimum atomic E-state index is -0.0985. The molecule has 5 heteroatoms. The third-order valence-corrected chi connectivity index (χ3v) is 4.92. The van der Waals surface area contributed by atoms with Crippen molar-refractivity contribution in [1.29, 1.82) is 0 Å². The van der Waals surface area contributed by atoms with Gasteiger partial charge in [-0.05, 0) is 48.9 Å². The Hall–Kier alpha value is -2.92. The van der Waals surface area contributed by atoms with Crippen LogP contribution in [-0.4, -0.2) is 15.0 Å². The molecule has 2 aromatic heterocycles. The van der Waals surface area contributed by atoms with Crippen molar-refractivity contribution in [3.63, 3.8) is 0 Å². The van der Waals surface area contributed by atoms with Crippen LogP contribution in [0.15, 0.2) is 47.5 Å². The van der Waals surface area contributed by atoms with Crippen molar-refractivity contribution in [3.05, 3.63) is 84.1 Å². The molecule has 2 N–H and O–H groups in total. The monoisotopic (exact) mass is 333 g/mol. The van der Waals surface area contributed by atoms with E-state index in [1.54, 1.807) is 23.7 Å². The zero-order chi connectivity index (χ0) is 16.7. The van der Waals surface area contributed by atoms with Crippen molar-refractivity contribution >= 4 is 24.0 Å². The minimum Gasteiger partial charge on any atom is -0.341 e. The average Bonchev–Trinajstić information content (AvgIpc) is 3.11. The summed E-state index contributed by atoms with van der Waals surface area (Å²) in [6, 6.07) is 9.95. The molecule has 2 aromatic rings. The van der Waals surface area contributed by atoms with Crippen molar-refractivity contribution in [2.24, 2.45) is 0 Å². The molecule has 118 valence electrons. The number of hydrogen-bond donors (Lipinski definition) is 2. The molecular formula is C19H15N3OS. The van der Waals surface area contributed by atoms with E-state index in [1.807, 2.05) is 30.3 Å². The van der Waals surface area contributed by atoms with Crippen molar-refractivity contribution in [1.82, 2.24) is 15.0 Å². The summed E-state index contributed by atoms with van der Waals surface area (Å²) in [4.78, 5) is 24.8. The molecule has 2 aliphatic rings. The van der Waals surface area contributed by atoms with Crippen LogP contribution in [0.3, 0.4) is 0 Å². The van der Waals surface area contributed by atoms with Crippen molar-refractivity contribution in [3.8, 4) is 11.1 Å². The van der Waals surface area contributed by atoms with Gasteiger partial charge in [0.2, 0.25) is 0 Å². The van der Waals surface area contributed by atoms with Gasteiger partial charge in [0.15, 0.2) is 0 Å². The molecule has 4 nitrogen and oxygen atoms in total. The number of nitrogens with one attached hydrogen (secondary N) is 2. The predicted molar refractivity (Wildman–Crippen MR) is 97.3 cm³/mol. The summed E-state index contributed by atoms with van der Waals surface area (Å²) in [6.07, 6.45) is 5.43. The van der Waals surface area contributed by atoms with E-state index >= 15 is 0 Å². The van der Waals surface area contributed by atoms with Crippen LogP contribution in [0.5, 0.6) is 0 Å². The SMILES string of the molecule is C=c1[nH]c2[nH]c(=O)c(=Cc3ccc(C)s3)c=2cc1-c1ccncc1. The maximum Gasteiger partial charge on any atom is 0.257 e. The third-order valence-electron chi connectivity index (χ3n) is 3.97. The number of aryl methyl sites for hydroxylation is 1. The highest BCUT2D eigenvalue weighted by Gasteiger charge is 2.05. The highest BCUT2D eigenvalue weighted by Crippen LogP contribution is 2.16. The maximum atomic E-state index is 12.4. The van der Waals surface area contributed by atoms with E-state index in [0.29, 0.717) is 10.7 Å². The van der Waals surface area contributed by atoms with Crippen LogP contribution in [0, 0.1) is 17.6 Å². The lowest BCUT2D eigenvalue weighted by atomic mass is 10.1. The molecule has 2 aliphatic heterocycles. The van der Waals surface area contributed by atoms with E-state index in [0.717, 1.165) is 26.6 Å². The predicted octanol–water partition coefficient (Wildman–Crippen LogP) is 2.10. The van der Waals surface area contributed by atoms with Gasteiger partial charge in [0, 0.05) is 38.3 Å². The second-order valence-corrected chi connectivity index (χ2v) is 6.97. The minimum absolute atomic E-state index is 0.0985. The van der Waals surface area contributed by atoms with Gasteiger partial charge in [-0.2, -0.15) is 0 Å². The molecule has 0 saturated carbocycles. The van der Waals surface area contributed by atoms with Gasteiger partial charge in [0.25, 0.3) is 5.56 Å². The van der Waals surface area contributed by atoms with Crippen LogP contribution in [0.4, 0.5) is 0 Å². The summed E-state index contributed by atoms with van der Waals surface area (Å²) in [6.45, 7) is 6.12. The summed E-state index contributed by atoms with van der Waals surface area (Å²) in [5.74, 6) is 0. The molecule has 0 aliphatic carbocycles. The van der Waals surface area contributed by atoms with Gasteiger partial charge in [0.05, 0.1) is 5.22 Å². The molecule has 4 heterocycles. The van der Waals surface area contributed by atoms with Crippen LogP contribution >= 0.6 is 11.3 Å². The molecule has 0 saturated heterocycles. The fourth-order valence-corrected chi connectivity index (χ4v) is 3.63. The highest BCUT2D eigenvalue weighted by molar-refractivity contribution is 7.12. The normalized spacial score (nSPS) is 12.1. The molecule has 0 unspecified atom stereocenters. The molecule has 0 atom stereocenters. The largest absolute Gasteiger partial charge is 0.341 e. The van der Waals surface area contributed by atoms with Crippen LogP contribution in [0.25, 0.3) is 23.8 Å². The Labute approximate surface area is 141 Å². The lowest BCUT2D eigenvalue weighted by Gasteiger charge is -2.01. The number of hydrogen-bond acceptors (Lipinski definition) is 3. The van der Waals surface area contributed by atoms with Crippen LogP contribution in [-0.2, 0) is 0 Å². The number of rotatable bonds is 2. The molecular weight excluding hydrogens is 318 g/mol. The fraction of sp³-hybridized carbons (Fsp3) is 0.0526. The topological polar surface area (TPSA) is 61.5 Å². The van der Waals surface area contributed by atoms with Gasteiger partial charge < -0.3 is 9.97 Å². The van der Waals surface area contributed by atoms with E-state index in [-0.39, 0.29) is 5.56 Å². The zero-order valence-electron chi connectivity index (χ0n) is 13.1. The summed E-state index contributed by atoms with van der Waals surface area (Å²) in [5.41, 5.74) is 2.57. The number of nitrogens with zero attached hydrogens (tertiary/aromatic N) is 1. The summed E-state index contributed by atoms with van der Waals surface area (Å²) in [7, 11) is 0. The molecule has 0 radical (unpaired) electrons. The molecule has 0 amide bonds. The second kappa shape index (κ2) is 5.62. The smallest absolute Gasteiger partial charge is 0.257 e. The summed E-state index contributed by atoms with van der Waals surface area (Å²) in [5, 5.41) is 2.29. The molecule has 0 spiro atoms. The number of H-pyrrole nitrogens is 2. The number of pyridine rings is 1. The molecule has 0 fully saturated rings. The van der Waals surface area contributed by atoms with Gasteiger partial charge in [-0.25, -0.2) is 0 Å². The van der Waals surface area contributed by atoms with Crippen molar-refractivity contribution in [2.45, 2.75) is 6.92 Å². The maximum absolute atomic E-state index is 12.4. The lowest BCUT2D eigenvalue weighted by molar-refractivity contribution is 1.08. The zero-order valence-corrected chi connectivity index (χ0v) is 13.9. The third kappa shape index (κ3) is 2.49. The van der Waals surface area contributed by atoms with Gasteiger partial charge >= 0.3 is 0 Å². The number of thiophene rings is 1. The first-order valence-corrected chi connectivity index (χ1v) is 8.36. The first-order valence-electron chi connectivity index (χ1n) is 7.54. The molecule has 0 bridgehead atoms.